The van der Waals surface area contributed by atoms with Crippen LogP contribution in [-0.2, 0) is 6.42 Å². The molecule has 1 heterocycles. The van der Waals surface area contributed by atoms with E-state index in [1.165, 1.54) is 10.9 Å². The number of nitrogens with one attached hydrogen (secondary N) is 1. The molecule has 102 valence electrons. The molecule has 0 spiro atoms. The summed E-state index contributed by atoms with van der Waals surface area (Å²) in [6, 6.07) is 8.80. The fourth-order valence-corrected chi connectivity index (χ4v) is 3.39. The molecular formula is C15H17ClFNS. The zero-order chi connectivity index (χ0) is 13.8. The first-order valence-corrected chi connectivity index (χ1v) is 7.62. The molecule has 0 aliphatic rings. The van der Waals surface area contributed by atoms with Crippen LogP contribution in [0.5, 0.6) is 0 Å². The minimum atomic E-state index is -0.259. The van der Waals surface area contributed by atoms with Crippen LogP contribution in [0.15, 0.2) is 30.3 Å². The van der Waals surface area contributed by atoms with E-state index in [0.717, 1.165) is 17.8 Å². The largest absolute Gasteiger partial charge is 0.306 e. The van der Waals surface area contributed by atoms with Gasteiger partial charge in [0.1, 0.15) is 5.82 Å². The molecule has 1 N–H and O–H groups in total. The minimum absolute atomic E-state index is 0.177. The number of benzene rings is 1. The molecule has 0 bridgehead atoms. The molecule has 0 radical (unpaired) electrons. The zero-order valence-corrected chi connectivity index (χ0v) is 12.6. The molecule has 0 saturated heterocycles. The second-order valence-electron chi connectivity index (χ2n) is 4.28. The Morgan fingerprint density at radius 3 is 2.63 bits per heavy atom. The summed E-state index contributed by atoms with van der Waals surface area (Å²) in [7, 11) is 0. The highest BCUT2D eigenvalue weighted by Crippen LogP contribution is 2.34. The van der Waals surface area contributed by atoms with Crippen molar-refractivity contribution in [1.29, 1.82) is 0 Å². The quantitative estimate of drug-likeness (QED) is 0.836. The van der Waals surface area contributed by atoms with Crippen LogP contribution in [0.3, 0.4) is 0 Å². The van der Waals surface area contributed by atoms with Gasteiger partial charge >= 0.3 is 0 Å². The topological polar surface area (TPSA) is 12.0 Å². The Morgan fingerprint density at radius 1 is 1.26 bits per heavy atom. The molecule has 2 rings (SSSR count). The maximum absolute atomic E-state index is 14.1. The summed E-state index contributed by atoms with van der Waals surface area (Å²) < 4.78 is 14.1. The molecule has 0 amide bonds. The molecule has 1 aromatic heterocycles. The van der Waals surface area contributed by atoms with Crippen LogP contribution in [0, 0.1) is 5.82 Å². The van der Waals surface area contributed by atoms with Crippen molar-refractivity contribution < 1.29 is 4.39 Å². The van der Waals surface area contributed by atoms with Crippen LogP contribution < -0.4 is 5.32 Å². The smallest absolute Gasteiger partial charge is 0.129 e. The average Bonchev–Trinajstić information content (AvgIpc) is 2.86. The van der Waals surface area contributed by atoms with Gasteiger partial charge in [-0.1, -0.05) is 31.5 Å². The van der Waals surface area contributed by atoms with E-state index in [4.69, 9.17) is 11.6 Å². The van der Waals surface area contributed by atoms with Crippen LogP contribution in [-0.4, -0.2) is 6.54 Å². The predicted octanol–water partition coefficient (Wildman–Crippen LogP) is 4.80. The Bertz CT molecular complexity index is 533. The van der Waals surface area contributed by atoms with Crippen LogP contribution in [0.2, 0.25) is 5.02 Å². The van der Waals surface area contributed by atoms with Crippen LogP contribution >= 0.6 is 22.9 Å². The van der Waals surface area contributed by atoms with E-state index in [0.29, 0.717) is 10.6 Å². The van der Waals surface area contributed by atoms with Crippen molar-refractivity contribution >= 4 is 22.9 Å². The second kappa shape index (κ2) is 6.51. The molecular weight excluding hydrogens is 281 g/mol. The van der Waals surface area contributed by atoms with Gasteiger partial charge in [-0.25, -0.2) is 4.39 Å². The lowest BCUT2D eigenvalue weighted by atomic mass is 10.0. The van der Waals surface area contributed by atoms with Crippen molar-refractivity contribution in [2.75, 3.05) is 6.54 Å². The van der Waals surface area contributed by atoms with Gasteiger partial charge in [-0.15, -0.1) is 11.3 Å². The average molecular weight is 298 g/mol. The number of thiophene rings is 1. The Hall–Kier alpha value is -0.900. The standard InChI is InChI=1S/C15H17ClFNS/c1-3-10-8-9-13(19-10)15(18-4-2)14-11(16)6-5-7-12(14)17/h5-9,15,18H,3-4H2,1-2H3. The highest BCUT2D eigenvalue weighted by molar-refractivity contribution is 7.12. The van der Waals surface area contributed by atoms with Crippen LogP contribution in [0.25, 0.3) is 0 Å². The lowest BCUT2D eigenvalue weighted by Crippen LogP contribution is -2.22. The van der Waals surface area contributed by atoms with Crippen molar-refractivity contribution in [1.82, 2.24) is 5.32 Å². The van der Waals surface area contributed by atoms with E-state index in [9.17, 15) is 4.39 Å². The maximum atomic E-state index is 14.1. The summed E-state index contributed by atoms with van der Waals surface area (Å²) in [6.07, 6.45) is 0.995. The Kier molecular flexibility index (Phi) is 4.97. The number of halogens is 2. The first-order valence-electron chi connectivity index (χ1n) is 6.43. The van der Waals surface area contributed by atoms with Crippen LogP contribution in [0.1, 0.15) is 35.2 Å². The van der Waals surface area contributed by atoms with E-state index in [2.05, 4.69) is 24.4 Å². The molecule has 19 heavy (non-hydrogen) atoms. The van der Waals surface area contributed by atoms with Gasteiger partial charge in [0.25, 0.3) is 0 Å². The molecule has 1 aromatic carbocycles. The first-order chi connectivity index (χ1) is 9.17. The van der Waals surface area contributed by atoms with Crippen molar-refractivity contribution in [3.8, 4) is 0 Å². The van der Waals surface area contributed by atoms with Gasteiger partial charge in [0, 0.05) is 20.3 Å². The van der Waals surface area contributed by atoms with Gasteiger partial charge in [0.2, 0.25) is 0 Å². The Balaban J connectivity index is 2.45. The van der Waals surface area contributed by atoms with Crippen molar-refractivity contribution in [2.45, 2.75) is 26.3 Å². The molecule has 1 unspecified atom stereocenters. The summed E-state index contributed by atoms with van der Waals surface area (Å²) in [5, 5.41) is 3.79. The lowest BCUT2D eigenvalue weighted by Gasteiger charge is -2.19. The number of rotatable bonds is 5. The third kappa shape index (κ3) is 3.16. The fourth-order valence-electron chi connectivity index (χ4n) is 2.08. The molecule has 1 atom stereocenters. The summed E-state index contributed by atoms with van der Waals surface area (Å²) in [5.74, 6) is -0.259. The van der Waals surface area contributed by atoms with Gasteiger partial charge in [0.15, 0.2) is 0 Å². The van der Waals surface area contributed by atoms with E-state index < -0.39 is 0 Å². The summed E-state index contributed by atoms with van der Waals surface area (Å²) in [5.41, 5.74) is 0.538. The number of hydrogen-bond acceptors (Lipinski definition) is 2. The molecule has 0 aliphatic carbocycles. The number of hydrogen-bond donors (Lipinski definition) is 1. The van der Waals surface area contributed by atoms with Gasteiger partial charge in [-0.2, -0.15) is 0 Å². The van der Waals surface area contributed by atoms with Gasteiger partial charge in [0.05, 0.1) is 6.04 Å². The molecule has 0 saturated carbocycles. The third-order valence-corrected chi connectivity index (χ3v) is 4.64. The Morgan fingerprint density at radius 2 is 2.05 bits per heavy atom. The van der Waals surface area contributed by atoms with Gasteiger partial charge in [-0.3, -0.25) is 0 Å². The second-order valence-corrected chi connectivity index (χ2v) is 5.89. The molecule has 0 fully saturated rings. The van der Waals surface area contributed by atoms with E-state index >= 15 is 0 Å². The molecule has 2 aromatic rings. The molecule has 1 nitrogen and oxygen atoms in total. The summed E-state index contributed by atoms with van der Waals surface area (Å²) >= 11 is 7.88. The van der Waals surface area contributed by atoms with Crippen molar-refractivity contribution in [3.63, 3.8) is 0 Å². The monoisotopic (exact) mass is 297 g/mol. The molecule has 4 heteroatoms. The van der Waals surface area contributed by atoms with Crippen LogP contribution in [0.4, 0.5) is 4.39 Å². The van der Waals surface area contributed by atoms with Crippen molar-refractivity contribution in [2.24, 2.45) is 0 Å². The maximum Gasteiger partial charge on any atom is 0.129 e. The first kappa shape index (κ1) is 14.5. The van der Waals surface area contributed by atoms with Crippen molar-refractivity contribution in [3.05, 3.63) is 56.5 Å². The van der Waals surface area contributed by atoms with Gasteiger partial charge in [-0.05, 0) is 37.2 Å². The normalized spacial score (nSPS) is 12.6. The highest BCUT2D eigenvalue weighted by atomic mass is 35.5. The lowest BCUT2D eigenvalue weighted by molar-refractivity contribution is 0.563. The zero-order valence-electron chi connectivity index (χ0n) is 11.0. The van der Waals surface area contributed by atoms with E-state index in [-0.39, 0.29) is 11.9 Å². The van der Waals surface area contributed by atoms with E-state index in [1.807, 2.05) is 6.92 Å². The minimum Gasteiger partial charge on any atom is -0.306 e. The summed E-state index contributed by atoms with van der Waals surface area (Å²) in [6.45, 7) is 4.89. The predicted molar refractivity (Wildman–Crippen MR) is 80.6 cm³/mol. The summed E-state index contributed by atoms with van der Waals surface area (Å²) in [4.78, 5) is 2.40. The highest BCUT2D eigenvalue weighted by Gasteiger charge is 2.21. The third-order valence-electron chi connectivity index (χ3n) is 3.01. The SMILES string of the molecule is CCNC(c1ccc(CC)s1)c1c(F)cccc1Cl. The molecule has 0 aliphatic heterocycles. The Labute approximate surface area is 122 Å². The van der Waals surface area contributed by atoms with Gasteiger partial charge < -0.3 is 5.32 Å². The fraction of sp³-hybridized carbons (Fsp3) is 0.333. The number of aryl methyl sites for hydroxylation is 1. The van der Waals surface area contributed by atoms with E-state index in [1.54, 1.807) is 23.5 Å².